The van der Waals surface area contributed by atoms with E-state index in [-0.39, 0.29) is 12.3 Å². The molecule has 0 atom stereocenters. The van der Waals surface area contributed by atoms with Crippen LogP contribution >= 0.6 is 69.6 Å². The average molecular weight is 535 g/mol. The first-order chi connectivity index (χ1) is 13.3. The number of amides is 1. The number of aromatic amines is 1. The number of rotatable bonds is 3. The van der Waals surface area contributed by atoms with Gasteiger partial charge < -0.3 is 29.2 Å². The lowest BCUT2D eigenvalue weighted by Crippen LogP contribution is -2.40. The number of H-pyrrole nitrogens is 1. The number of aromatic nitrogens is 1. The Bertz CT molecular complexity index is 692. The minimum absolute atomic E-state index is 0.101. The van der Waals surface area contributed by atoms with Crippen LogP contribution in [0.15, 0.2) is 12.1 Å². The Morgan fingerprint density at radius 2 is 1.55 bits per heavy atom. The van der Waals surface area contributed by atoms with Crippen LogP contribution < -0.4 is 0 Å². The molecule has 0 saturated carbocycles. The van der Waals surface area contributed by atoms with Crippen molar-refractivity contribution in [3.63, 3.8) is 0 Å². The molecular formula is C14H14Cl6N2O7. The molecule has 0 spiro atoms. The first kappa shape index (κ1) is 26.2. The summed E-state index contributed by atoms with van der Waals surface area (Å²) in [6.45, 7) is 2.25. The molecule has 1 aromatic rings. The number of hydrogen-bond acceptors (Lipinski definition) is 6. The monoisotopic (exact) mass is 532 g/mol. The summed E-state index contributed by atoms with van der Waals surface area (Å²) >= 11 is 30.2. The van der Waals surface area contributed by atoms with Crippen molar-refractivity contribution in [3.8, 4) is 0 Å². The van der Waals surface area contributed by atoms with Gasteiger partial charge in [0, 0.05) is 18.8 Å². The predicted octanol–water partition coefficient (Wildman–Crippen LogP) is 3.91. The van der Waals surface area contributed by atoms with Crippen molar-refractivity contribution in [1.29, 1.82) is 0 Å². The van der Waals surface area contributed by atoms with Gasteiger partial charge in [-0.15, -0.1) is 0 Å². The van der Waals surface area contributed by atoms with E-state index >= 15 is 0 Å². The van der Waals surface area contributed by atoms with Gasteiger partial charge >= 0.3 is 20.1 Å². The molecule has 1 aliphatic rings. The molecule has 0 bridgehead atoms. The number of carboxylic acids is 1. The van der Waals surface area contributed by atoms with Crippen molar-refractivity contribution in [2.75, 3.05) is 26.3 Å². The maximum Gasteiger partial charge on any atom is 0.515 e. The van der Waals surface area contributed by atoms with Crippen molar-refractivity contribution in [1.82, 2.24) is 9.88 Å². The van der Waals surface area contributed by atoms with E-state index < -0.39 is 20.1 Å². The molecule has 1 aromatic heterocycles. The topological polar surface area (TPSA) is 118 Å². The standard InChI is InChI=1S/C11H14N2O4.C3Cl6O3/c14-10(15)7-8-1-2-9(12-8)11(16)13-3-5-17-6-4-13;4-2(5,6)11-1(10)12-3(7,8)9/h1-2,12H,3-7H2,(H,14,15);. The number of halogens is 6. The molecule has 1 amide bonds. The van der Waals surface area contributed by atoms with Crippen molar-refractivity contribution < 1.29 is 33.7 Å². The third-order valence-corrected chi connectivity index (χ3v) is 3.48. The third kappa shape index (κ3) is 11.8. The second-order valence-corrected chi connectivity index (χ2v) is 9.57. The quantitative estimate of drug-likeness (QED) is 0.446. The molecular weight excluding hydrogens is 521 g/mol. The SMILES string of the molecule is O=C(O)Cc1ccc(C(=O)N2CCOCC2)[nH]1.O=C(OC(Cl)(Cl)Cl)OC(Cl)(Cl)Cl. The summed E-state index contributed by atoms with van der Waals surface area (Å²) in [6, 6.07) is 3.25. The Balaban J connectivity index is 0.000000311. The van der Waals surface area contributed by atoms with Gasteiger partial charge in [-0.25, -0.2) is 4.79 Å². The summed E-state index contributed by atoms with van der Waals surface area (Å²) < 4.78 is 8.67. The van der Waals surface area contributed by atoms with E-state index in [1.54, 1.807) is 17.0 Å². The van der Waals surface area contributed by atoms with Crippen molar-refractivity contribution in [3.05, 3.63) is 23.5 Å². The van der Waals surface area contributed by atoms with Crippen LogP contribution in [-0.4, -0.2) is 67.3 Å². The van der Waals surface area contributed by atoms with E-state index in [1.807, 2.05) is 0 Å². The number of hydrogen-bond donors (Lipinski definition) is 2. The van der Waals surface area contributed by atoms with Gasteiger partial charge in [-0.05, 0) is 81.7 Å². The van der Waals surface area contributed by atoms with Crippen molar-refractivity contribution in [2.24, 2.45) is 0 Å². The fraction of sp³-hybridized carbons (Fsp3) is 0.500. The van der Waals surface area contributed by atoms with Gasteiger partial charge in [0.2, 0.25) is 0 Å². The van der Waals surface area contributed by atoms with E-state index in [0.717, 1.165) is 0 Å². The maximum absolute atomic E-state index is 12.0. The number of carbonyl (C=O) groups is 3. The zero-order valence-electron chi connectivity index (χ0n) is 14.3. The summed E-state index contributed by atoms with van der Waals surface area (Å²) in [5.41, 5.74) is 0.970. The highest BCUT2D eigenvalue weighted by molar-refractivity contribution is 6.67. The minimum atomic E-state index is -2.24. The highest BCUT2D eigenvalue weighted by Crippen LogP contribution is 2.32. The van der Waals surface area contributed by atoms with Gasteiger partial charge in [0.25, 0.3) is 5.91 Å². The first-order valence-corrected chi connectivity index (χ1v) is 9.86. The van der Waals surface area contributed by atoms with Crippen molar-refractivity contribution in [2.45, 2.75) is 14.4 Å². The highest BCUT2D eigenvalue weighted by Gasteiger charge is 2.32. The van der Waals surface area contributed by atoms with E-state index in [2.05, 4.69) is 14.5 Å². The molecule has 1 saturated heterocycles. The Hall–Kier alpha value is -0.810. The van der Waals surface area contributed by atoms with Crippen LogP contribution in [0.5, 0.6) is 0 Å². The Kier molecular flexibility index (Phi) is 10.4. The number of carbonyl (C=O) groups excluding carboxylic acids is 2. The van der Waals surface area contributed by atoms with Gasteiger partial charge in [-0.1, -0.05) is 0 Å². The molecule has 15 heteroatoms. The summed E-state index contributed by atoms with van der Waals surface area (Å²) in [6.07, 6.45) is -1.51. The number of morpholine rings is 1. The maximum atomic E-state index is 12.0. The van der Waals surface area contributed by atoms with Gasteiger partial charge in [-0.3, -0.25) is 9.59 Å². The average Bonchev–Trinajstić information content (AvgIpc) is 2.99. The predicted molar refractivity (Wildman–Crippen MR) is 107 cm³/mol. The molecule has 0 unspecified atom stereocenters. The van der Waals surface area contributed by atoms with Crippen LogP contribution in [0.2, 0.25) is 0 Å². The molecule has 0 radical (unpaired) electrons. The molecule has 1 fully saturated rings. The number of nitrogens with one attached hydrogen (secondary N) is 1. The van der Waals surface area contributed by atoms with Gasteiger partial charge in [0.1, 0.15) is 5.69 Å². The smallest absolute Gasteiger partial charge is 0.481 e. The van der Waals surface area contributed by atoms with E-state index in [4.69, 9.17) is 79.4 Å². The lowest BCUT2D eigenvalue weighted by Gasteiger charge is -2.26. The minimum Gasteiger partial charge on any atom is -0.481 e. The Morgan fingerprint density at radius 3 is 2.00 bits per heavy atom. The van der Waals surface area contributed by atoms with Crippen LogP contribution in [0.25, 0.3) is 0 Å². The van der Waals surface area contributed by atoms with E-state index in [1.165, 1.54) is 0 Å². The molecule has 1 aliphatic heterocycles. The number of ether oxygens (including phenoxy) is 3. The second kappa shape index (κ2) is 11.5. The summed E-state index contributed by atoms with van der Waals surface area (Å²) in [5.74, 6) is -1.03. The van der Waals surface area contributed by atoms with Crippen LogP contribution in [0.4, 0.5) is 4.79 Å². The number of aliphatic carboxylic acids is 1. The van der Waals surface area contributed by atoms with E-state index in [0.29, 0.717) is 37.7 Å². The molecule has 9 nitrogen and oxygen atoms in total. The lowest BCUT2D eigenvalue weighted by atomic mass is 10.3. The second-order valence-electron chi connectivity index (χ2n) is 5.22. The van der Waals surface area contributed by atoms with Gasteiger partial charge in [0.15, 0.2) is 0 Å². The molecule has 164 valence electrons. The molecule has 2 heterocycles. The molecule has 0 aliphatic carbocycles. The Labute approximate surface area is 194 Å². The van der Waals surface area contributed by atoms with Crippen LogP contribution in [-0.2, 0) is 25.4 Å². The fourth-order valence-corrected chi connectivity index (χ4v) is 2.36. The van der Waals surface area contributed by atoms with Crippen LogP contribution in [0, 0.1) is 0 Å². The number of nitrogens with zero attached hydrogens (tertiary/aromatic N) is 1. The number of alkyl halides is 6. The molecule has 2 N–H and O–H groups in total. The van der Waals surface area contributed by atoms with Crippen LogP contribution in [0.3, 0.4) is 0 Å². The lowest BCUT2D eigenvalue weighted by molar-refractivity contribution is -0.136. The summed E-state index contributed by atoms with van der Waals surface area (Å²) in [5, 5.41) is 8.63. The van der Waals surface area contributed by atoms with Crippen molar-refractivity contribution >= 4 is 87.6 Å². The highest BCUT2D eigenvalue weighted by atomic mass is 35.6. The zero-order valence-corrected chi connectivity index (χ0v) is 18.8. The third-order valence-electron chi connectivity index (χ3n) is 3.01. The number of carboxylic acid groups (broad SMARTS) is 1. The fourth-order valence-electron chi connectivity index (χ4n) is 1.98. The first-order valence-electron chi connectivity index (χ1n) is 7.59. The van der Waals surface area contributed by atoms with Gasteiger partial charge in [0.05, 0.1) is 19.6 Å². The van der Waals surface area contributed by atoms with Crippen LogP contribution in [0.1, 0.15) is 16.2 Å². The van der Waals surface area contributed by atoms with E-state index in [9.17, 15) is 14.4 Å². The Morgan fingerprint density at radius 1 is 1.03 bits per heavy atom. The molecule has 0 aromatic carbocycles. The van der Waals surface area contributed by atoms with Gasteiger partial charge in [-0.2, -0.15) is 0 Å². The molecule has 2 rings (SSSR count). The molecule has 29 heavy (non-hydrogen) atoms. The zero-order chi connectivity index (χ0) is 22.2. The largest absolute Gasteiger partial charge is 0.515 e. The summed E-state index contributed by atoms with van der Waals surface area (Å²) in [7, 11) is 0. The summed E-state index contributed by atoms with van der Waals surface area (Å²) in [4.78, 5) is 37.6. The normalized spacial score (nSPS) is 14.5.